The molecule has 0 aliphatic carbocycles. The lowest BCUT2D eigenvalue weighted by Gasteiger charge is -2.27. The lowest BCUT2D eigenvalue weighted by Crippen LogP contribution is -2.39. The maximum Gasteiger partial charge on any atom is 0.297 e. The molecular weight excluding hydrogens is 366 g/mol. The van der Waals surface area contributed by atoms with Crippen LogP contribution in [0.3, 0.4) is 0 Å². The van der Waals surface area contributed by atoms with Gasteiger partial charge in [-0.15, -0.1) is 0 Å². The van der Waals surface area contributed by atoms with Gasteiger partial charge in [0, 0.05) is 6.92 Å². The van der Waals surface area contributed by atoms with Crippen LogP contribution in [-0.4, -0.2) is 71.8 Å². The number of aliphatic hydroxyl groups excluding tert-OH is 3. The third-order valence-electron chi connectivity index (χ3n) is 5.33. The highest BCUT2D eigenvalue weighted by Gasteiger charge is 2.45. The van der Waals surface area contributed by atoms with Crippen LogP contribution in [0.4, 0.5) is 11.6 Å². The molecule has 5 heterocycles. The topological polar surface area (TPSA) is 132 Å². The van der Waals surface area contributed by atoms with Gasteiger partial charge in [-0.25, -0.2) is 14.5 Å². The molecule has 2 aromatic heterocycles. The second kappa shape index (κ2) is 6.14. The minimum atomic E-state index is -1.21. The summed E-state index contributed by atoms with van der Waals surface area (Å²) in [6.07, 6.45) is 0.985. The zero-order chi connectivity index (χ0) is 19.6. The summed E-state index contributed by atoms with van der Waals surface area (Å²) >= 11 is 0. The molecule has 0 unspecified atom stereocenters. The van der Waals surface area contributed by atoms with Crippen LogP contribution < -0.4 is 4.57 Å². The molecule has 0 radical (unpaired) electrons. The molecule has 1 fully saturated rings. The smallest absolute Gasteiger partial charge is 0.297 e. The zero-order valence-corrected chi connectivity index (χ0v) is 15.3. The van der Waals surface area contributed by atoms with E-state index in [0.29, 0.717) is 29.7 Å². The number of nitrogens with zero attached hydrogens (tertiary/aromatic N) is 7. The van der Waals surface area contributed by atoms with Gasteiger partial charge in [-0.1, -0.05) is 0 Å². The first-order valence-corrected chi connectivity index (χ1v) is 8.93. The molecule has 3 N–H and O–H groups in total. The first kappa shape index (κ1) is 17.4. The van der Waals surface area contributed by atoms with Crippen LogP contribution in [0.25, 0.3) is 0 Å². The number of ether oxygens (including phenoxy) is 1. The second-order valence-electron chi connectivity index (χ2n) is 7.11. The van der Waals surface area contributed by atoms with Gasteiger partial charge in [-0.05, 0) is 4.98 Å². The van der Waals surface area contributed by atoms with Crippen molar-refractivity contribution in [1.29, 1.82) is 0 Å². The van der Waals surface area contributed by atoms with E-state index in [9.17, 15) is 15.3 Å². The Hall–Kier alpha value is -2.73. The Bertz CT molecular complexity index is 1020. The molecule has 146 valence electrons. The van der Waals surface area contributed by atoms with Gasteiger partial charge < -0.3 is 25.0 Å². The number of aliphatic imine (C=N–C) groups is 2. The molecule has 0 bridgehead atoms. The number of imidazole rings is 1. The highest BCUT2D eigenvalue weighted by molar-refractivity contribution is 6.10. The van der Waals surface area contributed by atoms with Crippen LogP contribution in [0.2, 0.25) is 0 Å². The number of hydrogen-bond acceptors (Lipinski definition) is 9. The number of aryl methyl sites for hydroxylation is 2. The first-order chi connectivity index (χ1) is 13.5. The van der Waals surface area contributed by atoms with Crippen molar-refractivity contribution in [1.82, 2.24) is 19.4 Å². The molecule has 0 saturated carbocycles. The SMILES string of the molecule is Cc1nc2c(c[n+]1C)CN1C=Nc3c(ncn3[C@@H]3O[C@H](CO)[C@@H](O)[C@H]3O)C1=N2. The van der Waals surface area contributed by atoms with Crippen molar-refractivity contribution in [3.05, 3.63) is 29.6 Å². The lowest BCUT2D eigenvalue weighted by molar-refractivity contribution is -0.681. The standard InChI is InChI=1S/C17H20N7O4/c1-8-20-14-9(3-22(8)2)4-23-6-19-15-11(16(23)21-14)18-7-24(15)17-13(27)12(26)10(5-25)28-17/h3,6-7,10,12-13,17,25-27H,4-5H2,1-2H3/q+1/t10-,12-,13-,17-/m1/s1. The van der Waals surface area contributed by atoms with E-state index in [1.54, 1.807) is 10.9 Å². The van der Waals surface area contributed by atoms with Crippen LogP contribution in [-0.2, 0) is 18.3 Å². The Morgan fingerprint density at radius 1 is 1.32 bits per heavy atom. The summed E-state index contributed by atoms with van der Waals surface area (Å²) in [5.74, 6) is 2.57. The van der Waals surface area contributed by atoms with E-state index in [-0.39, 0.29) is 0 Å². The van der Waals surface area contributed by atoms with Crippen LogP contribution in [0.5, 0.6) is 0 Å². The Labute approximate surface area is 159 Å². The maximum atomic E-state index is 10.3. The van der Waals surface area contributed by atoms with E-state index in [4.69, 9.17) is 4.74 Å². The molecule has 2 aromatic rings. The van der Waals surface area contributed by atoms with Gasteiger partial charge >= 0.3 is 0 Å². The molecule has 28 heavy (non-hydrogen) atoms. The Balaban J connectivity index is 1.56. The van der Waals surface area contributed by atoms with Gasteiger partial charge in [0.15, 0.2) is 23.6 Å². The summed E-state index contributed by atoms with van der Waals surface area (Å²) in [5, 5.41) is 29.7. The summed E-state index contributed by atoms with van der Waals surface area (Å²) in [5.41, 5.74) is 1.52. The van der Waals surface area contributed by atoms with E-state index in [1.165, 1.54) is 6.33 Å². The second-order valence-corrected chi connectivity index (χ2v) is 7.11. The van der Waals surface area contributed by atoms with Crippen LogP contribution in [0.1, 0.15) is 23.3 Å². The Kier molecular flexibility index (Phi) is 3.81. The number of amidine groups is 1. The van der Waals surface area contributed by atoms with E-state index in [1.807, 2.05) is 29.6 Å². The molecule has 1 saturated heterocycles. The maximum absolute atomic E-state index is 10.3. The normalized spacial score (nSPS) is 28.0. The van der Waals surface area contributed by atoms with E-state index < -0.39 is 31.1 Å². The number of aliphatic hydroxyl groups is 3. The summed E-state index contributed by atoms with van der Waals surface area (Å²) < 4.78 is 9.09. The predicted molar refractivity (Wildman–Crippen MR) is 95.3 cm³/mol. The van der Waals surface area contributed by atoms with Crippen molar-refractivity contribution in [2.75, 3.05) is 6.61 Å². The van der Waals surface area contributed by atoms with E-state index >= 15 is 0 Å². The average molecular weight is 386 g/mol. The van der Waals surface area contributed by atoms with Gasteiger partial charge in [-0.2, -0.15) is 4.99 Å². The average Bonchev–Trinajstić information content (AvgIpc) is 3.23. The monoisotopic (exact) mass is 386 g/mol. The minimum Gasteiger partial charge on any atom is -0.394 e. The van der Waals surface area contributed by atoms with Crippen LogP contribution in [0.15, 0.2) is 22.5 Å². The fourth-order valence-electron chi connectivity index (χ4n) is 3.67. The van der Waals surface area contributed by atoms with Gasteiger partial charge in [0.25, 0.3) is 11.6 Å². The van der Waals surface area contributed by atoms with Crippen molar-refractivity contribution in [3.8, 4) is 0 Å². The van der Waals surface area contributed by atoms with Gasteiger partial charge in [0.1, 0.15) is 24.5 Å². The lowest BCUT2D eigenvalue weighted by atomic mass is 10.1. The van der Waals surface area contributed by atoms with Crippen LogP contribution in [0, 0.1) is 6.92 Å². The van der Waals surface area contributed by atoms with Crippen molar-refractivity contribution >= 4 is 23.8 Å². The fourth-order valence-corrected chi connectivity index (χ4v) is 3.67. The largest absolute Gasteiger partial charge is 0.394 e. The molecule has 11 heteroatoms. The number of rotatable bonds is 2. The van der Waals surface area contributed by atoms with E-state index in [0.717, 1.165) is 11.4 Å². The summed E-state index contributed by atoms with van der Waals surface area (Å²) in [6, 6.07) is 0. The van der Waals surface area contributed by atoms with Crippen molar-refractivity contribution in [3.63, 3.8) is 0 Å². The minimum absolute atomic E-state index is 0.394. The molecule has 11 nitrogen and oxygen atoms in total. The van der Waals surface area contributed by atoms with Gasteiger partial charge in [-0.3, -0.25) is 4.57 Å². The van der Waals surface area contributed by atoms with Crippen molar-refractivity contribution in [2.24, 2.45) is 17.0 Å². The fraction of sp³-hybridized carbons (Fsp3) is 0.471. The highest BCUT2D eigenvalue weighted by Crippen LogP contribution is 2.36. The van der Waals surface area contributed by atoms with Crippen molar-refractivity contribution < 1.29 is 24.6 Å². The molecule has 0 amide bonds. The summed E-state index contributed by atoms with van der Waals surface area (Å²) in [6.45, 7) is 2.09. The Morgan fingerprint density at radius 3 is 2.89 bits per heavy atom. The molecule has 0 spiro atoms. The molecule has 0 aromatic carbocycles. The van der Waals surface area contributed by atoms with Gasteiger partial charge in [0.05, 0.1) is 38.4 Å². The number of aromatic nitrogens is 4. The van der Waals surface area contributed by atoms with E-state index in [2.05, 4.69) is 20.0 Å². The van der Waals surface area contributed by atoms with Crippen LogP contribution >= 0.6 is 0 Å². The summed E-state index contributed by atoms with van der Waals surface area (Å²) in [4.78, 5) is 20.0. The number of fused-ring (bicyclic) bond motifs is 4. The highest BCUT2D eigenvalue weighted by atomic mass is 16.6. The molecular formula is C17H20N7O4+. The zero-order valence-electron chi connectivity index (χ0n) is 15.3. The summed E-state index contributed by atoms with van der Waals surface area (Å²) in [7, 11) is 1.94. The quantitative estimate of drug-likeness (QED) is 0.540. The Morgan fingerprint density at radius 2 is 2.14 bits per heavy atom. The molecule has 3 aliphatic rings. The van der Waals surface area contributed by atoms with Crippen molar-refractivity contribution in [2.45, 2.75) is 38.0 Å². The molecule has 4 atom stereocenters. The van der Waals surface area contributed by atoms with Gasteiger partial charge in [0.2, 0.25) is 0 Å². The third-order valence-corrected chi connectivity index (χ3v) is 5.33. The first-order valence-electron chi connectivity index (χ1n) is 8.93. The predicted octanol–water partition coefficient (Wildman–Crippen LogP) is -1.41. The molecule has 3 aliphatic heterocycles. The number of hydrogen-bond donors (Lipinski definition) is 3. The third kappa shape index (κ3) is 2.41. The molecule has 5 rings (SSSR count).